The SMILES string of the molecule is C[C@@H]1CCCCN1S(=O)(=O)c1ccc2[nH]c(=O)cc(C(=O)NCCCN3CCCCCC3)c2c1. The van der Waals surface area contributed by atoms with Crippen LogP contribution in [-0.4, -0.2) is 67.3 Å². The van der Waals surface area contributed by atoms with Gasteiger partial charge in [0.2, 0.25) is 15.6 Å². The molecule has 0 radical (unpaired) electrons. The largest absolute Gasteiger partial charge is 0.352 e. The molecule has 2 saturated heterocycles. The van der Waals surface area contributed by atoms with Crippen molar-refractivity contribution in [2.24, 2.45) is 0 Å². The second-order valence-corrected chi connectivity index (χ2v) is 11.5. The monoisotopic (exact) mass is 488 g/mol. The first-order chi connectivity index (χ1) is 16.4. The maximum absolute atomic E-state index is 13.3. The van der Waals surface area contributed by atoms with Gasteiger partial charge in [0.05, 0.1) is 10.5 Å². The van der Waals surface area contributed by atoms with E-state index in [1.165, 1.54) is 43.9 Å². The van der Waals surface area contributed by atoms with Gasteiger partial charge >= 0.3 is 0 Å². The zero-order valence-electron chi connectivity index (χ0n) is 20.0. The van der Waals surface area contributed by atoms with E-state index in [9.17, 15) is 18.0 Å². The van der Waals surface area contributed by atoms with Crippen LogP contribution in [0.25, 0.3) is 10.9 Å². The van der Waals surface area contributed by atoms with Crippen LogP contribution < -0.4 is 10.9 Å². The van der Waals surface area contributed by atoms with Crippen LogP contribution >= 0.6 is 0 Å². The second kappa shape index (κ2) is 11.0. The van der Waals surface area contributed by atoms with E-state index in [4.69, 9.17) is 0 Å². The topological polar surface area (TPSA) is 103 Å². The van der Waals surface area contributed by atoms with Gasteiger partial charge in [0.15, 0.2) is 0 Å². The van der Waals surface area contributed by atoms with Crippen molar-refractivity contribution in [3.05, 3.63) is 40.2 Å². The third kappa shape index (κ3) is 5.70. The van der Waals surface area contributed by atoms with E-state index in [1.54, 1.807) is 10.4 Å². The molecule has 1 atom stereocenters. The number of amides is 1. The Balaban J connectivity index is 1.51. The van der Waals surface area contributed by atoms with Gasteiger partial charge in [-0.05, 0) is 76.9 Å². The molecule has 2 aliphatic rings. The molecule has 0 saturated carbocycles. The highest BCUT2D eigenvalue weighted by Crippen LogP contribution is 2.27. The van der Waals surface area contributed by atoms with Gasteiger partial charge in [-0.15, -0.1) is 0 Å². The normalized spacial score (nSPS) is 20.8. The summed E-state index contributed by atoms with van der Waals surface area (Å²) in [6, 6.07) is 5.81. The third-order valence-corrected chi connectivity index (χ3v) is 9.05. The molecule has 2 fully saturated rings. The molecule has 34 heavy (non-hydrogen) atoms. The van der Waals surface area contributed by atoms with E-state index in [2.05, 4.69) is 15.2 Å². The van der Waals surface area contributed by atoms with E-state index in [1.807, 2.05) is 6.92 Å². The van der Waals surface area contributed by atoms with Crippen molar-refractivity contribution < 1.29 is 13.2 Å². The Morgan fingerprint density at radius 3 is 2.53 bits per heavy atom. The number of pyridine rings is 1. The summed E-state index contributed by atoms with van der Waals surface area (Å²) in [7, 11) is -3.69. The number of nitrogens with one attached hydrogen (secondary N) is 2. The number of carbonyl (C=O) groups is 1. The van der Waals surface area contributed by atoms with Crippen LogP contribution in [0.3, 0.4) is 0 Å². The van der Waals surface area contributed by atoms with Crippen LogP contribution in [0.1, 0.15) is 68.6 Å². The lowest BCUT2D eigenvalue weighted by Gasteiger charge is -2.32. The summed E-state index contributed by atoms with van der Waals surface area (Å²) in [4.78, 5) is 30.5. The number of hydrogen-bond acceptors (Lipinski definition) is 5. The summed E-state index contributed by atoms with van der Waals surface area (Å²) in [6.45, 7) is 6.09. The number of hydrogen-bond donors (Lipinski definition) is 2. The molecule has 1 amide bonds. The number of sulfonamides is 1. The second-order valence-electron chi connectivity index (χ2n) is 9.58. The lowest BCUT2D eigenvalue weighted by molar-refractivity contribution is 0.0953. The van der Waals surface area contributed by atoms with E-state index in [0.717, 1.165) is 45.3 Å². The average Bonchev–Trinajstić information content (AvgIpc) is 3.10. The van der Waals surface area contributed by atoms with Crippen molar-refractivity contribution >= 4 is 26.8 Å². The third-order valence-electron chi connectivity index (χ3n) is 7.04. The first kappa shape index (κ1) is 24.9. The van der Waals surface area contributed by atoms with Gasteiger partial charge in [-0.2, -0.15) is 4.31 Å². The van der Waals surface area contributed by atoms with Crippen molar-refractivity contribution in [2.75, 3.05) is 32.7 Å². The number of carbonyl (C=O) groups excluding carboxylic acids is 1. The van der Waals surface area contributed by atoms with E-state index >= 15 is 0 Å². The van der Waals surface area contributed by atoms with Gasteiger partial charge in [0.1, 0.15) is 0 Å². The first-order valence-corrected chi connectivity index (χ1v) is 14.0. The Kier molecular flexibility index (Phi) is 8.06. The summed E-state index contributed by atoms with van der Waals surface area (Å²) in [6.07, 6.45) is 8.57. The standard InChI is InChI=1S/C25H36N4O4S/c1-19-9-4-7-16-29(19)34(32,33)20-10-11-23-21(17-20)22(18-24(30)27-23)25(31)26-12-8-15-28-13-5-2-3-6-14-28/h10-11,17-19H,2-9,12-16H2,1H3,(H,26,31)(H,27,30)/t19-/m1/s1. The smallest absolute Gasteiger partial charge is 0.252 e. The minimum atomic E-state index is -3.69. The zero-order valence-corrected chi connectivity index (χ0v) is 20.8. The minimum absolute atomic E-state index is 0.0583. The number of H-pyrrole nitrogens is 1. The van der Waals surface area contributed by atoms with Gasteiger partial charge in [-0.1, -0.05) is 19.3 Å². The number of fused-ring (bicyclic) bond motifs is 1. The molecule has 186 valence electrons. The van der Waals surface area contributed by atoms with Gasteiger partial charge in [-0.3, -0.25) is 9.59 Å². The Labute approximate surface area is 201 Å². The lowest BCUT2D eigenvalue weighted by atomic mass is 10.1. The zero-order chi connectivity index (χ0) is 24.1. The van der Waals surface area contributed by atoms with Gasteiger partial charge in [0.25, 0.3) is 5.91 Å². The minimum Gasteiger partial charge on any atom is -0.352 e. The van der Waals surface area contributed by atoms with Gasteiger partial charge in [0, 0.05) is 36.1 Å². The molecule has 2 N–H and O–H groups in total. The van der Waals surface area contributed by atoms with E-state index in [0.29, 0.717) is 24.0 Å². The molecule has 0 bridgehead atoms. The molecule has 9 heteroatoms. The van der Waals surface area contributed by atoms with Crippen LogP contribution in [0.15, 0.2) is 34.0 Å². The van der Waals surface area contributed by atoms with Crippen LogP contribution in [0.5, 0.6) is 0 Å². The number of aromatic amines is 1. The fraction of sp³-hybridized carbons (Fsp3) is 0.600. The van der Waals surface area contributed by atoms with Gasteiger partial charge in [-0.25, -0.2) is 8.42 Å². The Hall–Kier alpha value is -2.23. The van der Waals surface area contributed by atoms with Crippen molar-refractivity contribution in [1.29, 1.82) is 0 Å². The number of aromatic nitrogens is 1. The summed E-state index contributed by atoms with van der Waals surface area (Å²) in [5.41, 5.74) is 0.271. The van der Waals surface area contributed by atoms with E-state index < -0.39 is 10.0 Å². The lowest BCUT2D eigenvalue weighted by Crippen LogP contribution is -2.41. The number of benzene rings is 1. The molecule has 3 heterocycles. The number of likely N-dealkylation sites (tertiary alicyclic amines) is 1. The molecule has 1 aromatic heterocycles. The number of nitrogens with zero attached hydrogens (tertiary/aromatic N) is 2. The predicted octanol–water partition coefficient (Wildman–Crippen LogP) is 3.09. The fourth-order valence-electron chi connectivity index (χ4n) is 5.11. The van der Waals surface area contributed by atoms with Crippen LogP contribution in [0, 0.1) is 0 Å². The van der Waals surface area contributed by atoms with Crippen molar-refractivity contribution in [3.8, 4) is 0 Å². The summed E-state index contributed by atoms with van der Waals surface area (Å²) >= 11 is 0. The summed E-state index contributed by atoms with van der Waals surface area (Å²) < 4.78 is 28.2. The van der Waals surface area contributed by atoms with Crippen LogP contribution in [0.2, 0.25) is 0 Å². The first-order valence-electron chi connectivity index (χ1n) is 12.6. The number of piperidine rings is 1. The molecule has 1 aromatic carbocycles. The molecule has 2 aromatic rings. The molecule has 8 nitrogen and oxygen atoms in total. The van der Waals surface area contributed by atoms with Crippen molar-refractivity contribution in [2.45, 2.75) is 69.2 Å². The van der Waals surface area contributed by atoms with E-state index in [-0.39, 0.29) is 28.0 Å². The fourth-order valence-corrected chi connectivity index (χ4v) is 6.83. The van der Waals surface area contributed by atoms with Crippen LogP contribution in [-0.2, 0) is 10.0 Å². The summed E-state index contributed by atoms with van der Waals surface area (Å²) in [5.74, 6) is -0.354. The molecular formula is C25H36N4O4S. The maximum Gasteiger partial charge on any atom is 0.252 e. The molecule has 4 rings (SSSR count). The Morgan fingerprint density at radius 1 is 1.06 bits per heavy atom. The highest BCUT2D eigenvalue weighted by atomic mass is 32.2. The highest BCUT2D eigenvalue weighted by Gasteiger charge is 2.31. The molecule has 0 spiro atoms. The molecule has 2 aliphatic heterocycles. The Morgan fingerprint density at radius 2 is 1.79 bits per heavy atom. The molecule has 0 aliphatic carbocycles. The summed E-state index contributed by atoms with van der Waals surface area (Å²) in [5, 5.41) is 3.36. The average molecular weight is 489 g/mol. The quantitative estimate of drug-likeness (QED) is 0.583. The molecule has 0 unspecified atom stereocenters. The maximum atomic E-state index is 13.3. The predicted molar refractivity (Wildman–Crippen MR) is 134 cm³/mol. The van der Waals surface area contributed by atoms with Crippen LogP contribution in [0.4, 0.5) is 0 Å². The highest BCUT2D eigenvalue weighted by molar-refractivity contribution is 7.89. The van der Waals surface area contributed by atoms with Gasteiger partial charge < -0.3 is 15.2 Å². The Bertz CT molecular complexity index is 1170. The number of rotatable bonds is 7. The molecular weight excluding hydrogens is 452 g/mol. The van der Waals surface area contributed by atoms with Crippen molar-refractivity contribution in [1.82, 2.24) is 19.5 Å². The van der Waals surface area contributed by atoms with Crippen molar-refractivity contribution in [3.63, 3.8) is 0 Å².